The van der Waals surface area contributed by atoms with Crippen molar-refractivity contribution in [1.29, 1.82) is 0 Å². The van der Waals surface area contributed by atoms with Gasteiger partial charge in [0.2, 0.25) is 0 Å². The first-order chi connectivity index (χ1) is 9.47. The van der Waals surface area contributed by atoms with Crippen molar-refractivity contribution in [1.82, 2.24) is 4.98 Å². The Morgan fingerprint density at radius 1 is 1.10 bits per heavy atom. The van der Waals surface area contributed by atoms with Crippen LogP contribution in [0.3, 0.4) is 0 Å². The number of nitrogens with zero attached hydrogens (tertiary/aromatic N) is 3. The van der Waals surface area contributed by atoms with E-state index in [2.05, 4.69) is 4.98 Å². The Morgan fingerprint density at radius 3 is 2.45 bits per heavy atom. The molecule has 20 heavy (non-hydrogen) atoms. The zero-order chi connectivity index (χ0) is 14.7. The van der Waals surface area contributed by atoms with Crippen LogP contribution < -0.4 is 0 Å². The van der Waals surface area contributed by atoms with Crippen LogP contribution >= 0.6 is 23.4 Å². The molecule has 102 valence electrons. The van der Waals surface area contributed by atoms with Gasteiger partial charge in [0, 0.05) is 12.1 Å². The van der Waals surface area contributed by atoms with E-state index in [-0.39, 0.29) is 21.6 Å². The largest absolute Gasteiger partial charge is 0.283 e. The summed E-state index contributed by atoms with van der Waals surface area (Å²) in [6.07, 6.45) is 0. The molecule has 0 fully saturated rings. The highest BCUT2D eigenvalue weighted by atomic mass is 35.5. The van der Waals surface area contributed by atoms with Crippen LogP contribution in [0, 0.1) is 20.2 Å². The van der Waals surface area contributed by atoms with Crippen molar-refractivity contribution in [2.24, 2.45) is 0 Å². The quantitative estimate of drug-likeness (QED) is 0.485. The van der Waals surface area contributed by atoms with Gasteiger partial charge in [-0.25, -0.2) is 4.98 Å². The lowest BCUT2D eigenvalue weighted by molar-refractivity contribution is -0.387. The monoisotopic (exact) mass is 311 g/mol. The summed E-state index contributed by atoms with van der Waals surface area (Å²) in [6, 6.07) is 8.39. The number of nitro benzene ring substituents is 1. The number of hydrogen-bond donors (Lipinski definition) is 0. The first kappa shape index (κ1) is 14.2. The maximum Gasteiger partial charge on any atom is 0.283 e. The molecule has 0 atom stereocenters. The van der Waals surface area contributed by atoms with E-state index in [0.717, 1.165) is 17.8 Å². The van der Waals surface area contributed by atoms with Gasteiger partial charge in [-0.05, 0) is 6.07 Å². The predicted molar refractivity (Wildman–Crippen MR) is 73.1 cm³/mol. The van der Waals surface area contributed by atoms with Gasteiger partial charge in [-0.2, -0.15) is 0 Å². The molecular weight excluding hydrogens is 306 g/mol. The fraction of sp³-hybridized carbons (Fsp3) is 0. The van der Waals surface area contributed by atoms with Gasteiger partial charge in [0.25, 0.3) is 11.4 Å². The fourth-order valence-corrected chi connectivity index (χ4v) is 2.62. The fourth-order valence-electron chi connectivity index (χ4n) is 1.42. The van der Waals surface area contributed by atoms with Gasteiger partial charge in [0.05, 0.1) is 20.8 Å². The Balaban J connectivity index is 2.40. The average Bonchev–Trinajstić information content (AvgIpc) is 2.38. The summed E-state index contributed by atoms with van der Waals surface area (Å²) in [7, 11) is 0. The summed E-state index contributed by atoms with van der Waals surface area (Å²) in [5, 5.41) is 21.8. The van der Waals surface area contributed by atoms with Crippen molar-refractivity contribution in [2.45, 2.75) is 9.92 Å². The van der Waals surface area contributed by atoms with E-state index < -0.39 is 9.85 Å². The molecule has 0 bridgehead atoms. The summed E-state index contributed by atoms with van der Waals surface area (Å²) in [4.78, 5) is 24.7. The second-order valence-corrected chi connectivity index (χ2v) is 5.02. The maximum absolute atomic E-state index is 10.9. The van der Waals surface area contributed by atoms with Gasteiger partial charge in [-0.15, -0.1) is 0 Å². The zero-order valence-corrected chi connectivity index (χ0v) is 11.3. The molecule has 0 aliphatic carbocycles. The summed E-state index contributed by atoms with van der Waals surface area (Å²) >= 11 is 6.65. The van der Waals surface area contributed by atoms with E-state index in [9.17, 15) is 20.2 Å². The smallest absolute Gasteiger partial charge is 0.258 e. The van der Waals surface area contributed by atoms with E-state index in [4.69, 9.17) is 11.6 Å². The minimum absolute atomic E-state index is 0.0414. The third-order valence-electron chi connectivity index (χ3n) is 2.24. The molecule has 0 amide bonds. The molecule has 0 saturated carbocycles. The average molecular weight is 312 g/mol. The Kier molecular flexibility index (Phi) is 4.16. The molecule has 1 aromatic heterocycles. The molecule has 0 spiro atoms. The number of hydrogen-bond acceptors (Lipinski definition) is 6. The molecule has 9 heteroatoms. The Hall–Kier alpha value is -2.19. The maximum atomic E-state index is 10.9. The van der Waals surface area contributed by atoms with Crippen molar-refractivity contribution in [2.75, 3.05) is 0 Å². The third-order valence-corrected chi connectivity index (χ3v) is 3.42. The summed E-state index contributed by atoms with van der Waals surface area (Å²) in [5.74, 6) is 0. The molecule has 0 aliphatic heterocycles. The third kappa shape index (κ3) is 3.22. The Morgan fingerprint density at radius 2 is 1.80 bits per heavy atom. The van der Waals surface area contributed by atoms with E-state index in [1.807, 2.05) is 0 Å². The van der Waals surface area contributed by atoms with Crippen LogP contribution in [0.25, 0.3) is 0 Å². The second kappa shape index (κ2) is 5.85. The number of benzene rings is 1. The van der Waals surface area contributed by atoms with Crippen LogP contribution in [0.15, 0.2) is 46.3 Å². The molecule has 1 heterocycles. The highest BCUT2D eigenvalue weighted by Crippen LogP contribution is 2.35. The van der Waals surface area contributed by atoms with Gasteiger partial charge < -0.3 is 0 Å². The van der Waals surface area contributed by atoms with E-state index in [1.54, 1.807) is 6.07 Å². The normalized spacial score (nSPS) is 10.2. The lowest BCUT2D eigenvalue weighted by atomic mass is 10.3. The number of nitro groups is 2. The first-order valence-electron chi connectivity index (χ1n) is 5.20. The molecule has 0 N–H and O–H groups in total. The van der Waals surface area contributed by atoms with Crippen molar-refractivity contribution < 1.29 is 9.85 Å². The molecule has 0 aliphatic rings. The van der Waals surface area contributed by atoms with Gasteiger partial charge in [-0.3, -0.25) is 20.2 Å². The number of rotatable bonds is 4. The van der Waals surface area contributed by atoms with Crippen molar-refractivity contribution in [3.05, 3.63) is 61.8 Å². The molecule has 2 aromatic rings. The zero-order valence-electron chi connectivity index (χ0n) is 9.72. The molecule has 0 unspecified atom stereocenters. The highest BCUT2D eigenvalue weighted by Gasteiger charge is 2.16. The molecule has 7 nitrogen and oxygen atoms in total. The summed E-state index contributed by atoms with van der Waals surface area (Å²) in [5.41, 5.74) is -0.312. The summed E-state index contributed by atoms with van der Waals surface area (Å²) < 4.78 is 0. The summed E-state index contributed by atoms with van der Waals surface area (Å²) in [6.45, 7) is 0. The standard InChI is InChI=1S/C11H6ClN3O4S/c12-10-5-7(14(16)17)6-11(13-10)20-9-4-2-1-3-8(9)15(18)19/h1-6H. The Labute approximate surface area is 121 Å². The predicted octanol–water partition coefficient (Wildman–Crippen LogP) is 3.70. The van der Waals surface area contributed by atoms with Crippen LogP contribution in [0.1, 0.15) is 0 Å². The Bertz CT molecular complexity index is 695. The van der Waals surface area contributed by atoms with Crippen LogP contribution in [-0.2, 0) is 0 Å². The van der Waals surface area contributed by atoms with Crippen molar-refractivity contribution >= 4 is 34.7 Å². The minimum Gasteiger partial charge on any atom is -0.258 e. The number of aromatic nitrogens is 1. The molecular formula is C11H6ClN3O4S. The van der Waals surface area contributed by atoms with E-state index >= 15 is 0 Å². The molecule has 1 aromatic carbocycles. The highest BCUT2D eigenvalue weighted by molar-refractivity contribution is 7.99. The lowest BCUT2D eigenvalue weighted by Gasteiger charge is -2.02. The number of halogens is 1. The van der Waals surface area contributed by atoms with Crippen LogP contribution in [0.5, 0.6) is 0 Å². The first-order valence-corrected chi connectivity index (χ1v) is 6.40. The molecule has 0 radical (unpaired) electrons. The van der Waals surface area contributed by atoms with Gasteiger partial charge in [0.15, 0.2) is 0 Å². The van der Waals surface area contributed by atoms with E-state index in [0.29, 0.717) is 4.90 Å². The SMILES string of the molecule is O=[N+]([O-])c1cc(Cl)nc(Sc2ccccc2[N+](=O)[O-])c1. The van der Waals surface area contributed by atoms with Crippen LogP contribution in [0.4, 0.5) is 11.4 Å². The number of para-hydroxylation sites is 1. The van der Waals surface area contributed by atoms with Gasteiger partial charge in [0.1, 0.15) is 10.2 Å². The van der Waals surface area contributed by atoms with Crippen molar-refractivity contribution in [3.8, 4) is 0 Å². The van der Waals surface area contributed by atoms with E-state index in [1.165, 1.54) is 24.3 Å². The second-order valence-electron chi connectivity index (χ2n) is 3.57. The minimum atomic E-state index is -0.600. The topological polar surface area (TPSA) is 99.2 Å². The van der Waals surface area contributed by atoms with Crippen molar-refractivity contribution in [3.63, 3.8) is 0 Å². The van der Waals surface area contributed by atoms with Crippen LogP contribution in [0.2, 0.25) is 5.15 Å². The van der Waals surface area contributed by atoms with Gasteiger partial charge >= 0.3 is 0 Å². The van der Waals surface area contributed by atoms with Gasteiger partial charge in [-0.1, -0.05) is 35.5 Å². The molecule has 0 saturated heterocycles. The lowest BCUT2D eigenvalue weighted by Crippen LogP contribution is -1.93. The number of pyridine rings is 1. The van der Waals surface area contributed by atoms with Crippen LogP contribution in [-0.4, -0.2) is 14.8 Å². The molecule has 2 rings (SSSR count).